The van der Waals surface area contributed by atoms with Crippen LogP contribution in [-0.2, 0) is 21.4 Å². The zero-order chi connectivity index (χ0) is 19.2. The molecule has 0 aromatic heterocycles. The van der Waals surface area contributed by atoms with Gasteiger partial charge < -0.3 is 9.47 Å². The van der Waals surface area contributed by atoms with Gasteiger partial charge in [-0.25, -0.2) is 17.9 Å². The third kappa shape index (κ3) is 4.94. The zero-order valence-corrected chi connectivity index (χ0v) is 16.5. The van der Waals surface area contributed by atoms with Crippen LogP contribution in [-0.4, -0.2) is 28.0 Å². The molecule has 0 aliphatic heterocycles. The summed E-state index contributed by atoms with van der Waals surface area (Å²) in [5, 5.41) is 0. The Balaban J connectivity index is 2.20. The molecule has 0 atom stereocenters. The number of carbonyl (C=O) groups excluding carboxylic acids is 1. The van der Waals surface area contributed by atoms with E-state index in [1.165, 1.54) is 31.4 Å². The Hall–Kier alpha value is -2.16. The van der Waals surface area contributed by atoms with E-state index >= 15 is 0 Å². The minimum atomic E-state index is -3.74. The van der Waals surface area contributed by atoms with Gasteiger partial charge in [-0.2, -0.15) is 0 Å². The van der Waals surface area contributed by atoms with Crippen molar-refractivity contribution in [2.75, 3.05) is 13.7 Å². The summed E-state index contributed by atoms with van der Waals surface area (Å²) in [6.45, 7) is 3.56. The highest BCUT2D eigenvalue weighted by atomic mass is 79.9. The smallest absolute Gasteiger partial charge is 0.339 e. The van der Waals surface area contributed by atoms with Crippen LogP contribution in [0.3, 0.4) is 0 Å². The molecule has 6 nitrogen and oxygen atoms in total. The minimum absolute atomic E-state index is 0.000971. The standard InChI is InChI=1S/C18H18BrNO5S/c1-3-10-20-26(22,23)14-8-9-16(19)15(11-14)18(21)25-12-13-6-4-5-7-17(13)24-2/h3-9,11,20H,1,10,12H2,2H3. The Morgan fingerprint density at radius 1 is 1.27 bits per heavy atom. The second-order valence-electron chi connectivity index (χ2n) is 5.17. The van der Waals surface area contributed by atoms with Crippen LogP contribution >= 0.6 is 15.9 Å². The lowest BCUT2D eigenvalue weighted by Crippen LogP contribution is -2.24. The molecule has 138 valence electrons. The van der Waals surface area contributed by atoms with E-state index < -0.39 is 16.0 Å². The van der Waals surface area contributed by atoms with Gasteiger partial charge >= 0.3 is 5.97 Å². The lowest BCUT2D eigenvalue weighted by atomic mass is 10.2. The van der Waals surface area contributed by atoms with Crippen LogP contribution in [0.4, 0.5) is 0 Å². The number of nitrogens with one attached hydrogen (secondary N) is 1. The van der Waals surface area contributed by atoms with E-state index in [9.17, 15) is 13.2 Å². The molecule has 2 rings (SSSR count). The quantitative estimate of drug-likeness (QED) is 0.504. The Labute approximate surface area is 161 Å². The van der Waals surface area contributed by atoms with Crippen LogP contribution in [0.25, 0.3) is 0 Å². The summed E-state index contributed by atoms with van der Waals surface area (Å²) in [4.78, 5) is 12.4. The van der Waals surface area contributed by atoms with E-state index in [1.807, 2.05) is 6.07 Å². The molecule has 0 saturated heterocycles. The van der Waals surface area contributed by atoms with Crippen LogP contribution in [0.2, 0.25) is 0 Å². The molecule has 0 radical (unpaired) electrons. The second-order valence-corrected chi connectivity index (χ2v) is 7.79. The van der Waals surface area contributed by atoms with Crippen LogP contribution in [0.15, 0.2) is 64.5 Å². The number of benzene rings is 2. The molecule has 2 aromatic carbocycles. The zero-order valence-electron chi connectivity index (χ0n) is 14.1. The number of halogens is 1. The second kappa shape index (κ2) is 8.98. The fourth-order valence-corrected chi connectivity index (χ4v) is 3.56. The molecule has 0 amide bonds. The topological polar surface area (TPSA) is 81.7 Å². The first-order valence-corrected chi connectivity index (χ1v) is 9.86. The normalized spacial score (nSPS) is 11.0. The number of rotatable bonds is 8. The maximum atomic E-state index is 12.4. The molecule has 0 aliphatic carbocycles. The molecule has 0 heterocycles. The van der Waals surface area contributed by atoms with Crippen molar-refractivity contribution in [2.24, 2.45) is 0 Å². The molecular formula is C18H18BrNO5S. The third-order valence-electron chi connectivity index (χ3n) is 3.44. The summed E-state index contributed by atoms with van der Waals surface area (Å²) in [6.07, 6.45) is 1.43. The number of hydrogen-bond donors (Lipinski definition) is 1. The van der Waals surface area contributed by atoms with Gasteiger partial charge in [-0.3, -0.25) is 0 Å². The van der Waals surface area contributed by atoms with Crippen molar-refractivity contribution >= 4 is 31.9 Å². The van der Waals surface area contributed by atoms with E-state index in [-0.39, 0.29) is 23.6 Å². The van der Waals surface area contributed by atoms with Crippen molar-refractivity contribution in [1.29, 1.82) is 0 Å². The van der Waals surface area contributed by atoms with E-state index in [2.05, 4.69) is 27.2 Å². The van der Waals surface area contributed by atoms with Gasteiger partial charge in [0.2, 0.25) is 10.0 Å². The Kier molecular flexibility index (Phi) is 6.96. The highest BCUT2D eigenvalue weighted by Crippen LogP contribution is 2.23. The maximum absolute atomic E-state index is 12.4. The SMILES string of the molecule is C=CCNS(=O)(=O)c1ccc(Br)c(C(=O)OCc2ccccc2OC)c1. The van der Waals surface area contributed by atoms with Gasteiger partial charge in [0, 0.05) is 16.6 Å². The molecule has 8 heteroatoms. The largest absolute Gasteiger partial charge is 0.496 e. The van der Waals surface area contributed by atoms with Crippen LogP contribution in [0.1, 0.15) is 15.9 Å². The summed E-state index contributed by atoms with van der Waals surface area (Å²) in [5.41, 5.74) is 0.817. The number of ether oxygens (including phenoxy) is 2. The van der Waals surface area contributed by atoms with Gasteiger partial charge in [0.1, 0.15) is 12.4 Å². The van der Waals surface area contributed by atoms with Crippen LogP contribution < -0.4 is 9.46 Å². The van der Waals surface area contributed by atoms with Crippen molar-refractivity contribution in [1.82, 2.24) is 4.72 Å². The fourth-order valence-electron chi connectivity index (χ4n) is 2.12. The van der Waals surface area contributed by atoms with Gasteiger partial charge in [-0.15, -0.1) is 6.58 Å². The lowest BCUT2D eigenvalue weighted by Gasteiger charge is -2.11. The number of esters is 1. The number of sulfonamides is 1. The van der Waals surface area contributed by atoms with E-state index in [1.54, 1.807) is 18.2 Å². The van der Waals surface area contributed by atoms with Crippen LogP contribution in [0.5, 0.6) is 5.75 Å². The van der Waals surface area contributed by atoms with Gasteiger partial charge in [-0.1, -0.05) is 24.3 Å². The number of hydrogen-bond acceptors (Lipinski definition) is 5. The summed E-state index contributed by atoms with van der Waals surface area (Å²) in [5.74, 6) is -0.0483. The molecule has 0 bridgehead atoms. The predicted molar refractivity (Wildman–Crippen MR) is 102 cm³/mol. The summed E-state index contributed by atoms with van der Waals surface area (Å²) < 4.78 is 37.7. The molecule has 26 heavy (non-hydrogen) atoms. The summed E-state index contributed by atoms with van der Waals surface area (Å²) >= 11 is 3.25. The molecule has 0 spiro atoms. The number of para-hydroxylation sites is 1. The molecule has 0 fully saturated rings. The lowest BCUT2D eigenvalue weighted by molar-refractivity contribution is 0.0469. The Morgan fingerprint density at radius 2 is 2.00 bits per heavy atom. The fraction of sp³-hybridized carbons (Fsp3) is 0.167. The Bertz CT molecular complexity index is 912. The Morgan fingerprint density at radius 3 is 2.69 bits per heavy atom. The molecule has 0 unspecified atom stereocenters. The van der Waals surface area contributed by atoms with E-state index in [0.29, 0.717) is 15.8 Å². The van der Waals surface area contributed by atoms with Gasteiger partial charge in [0.25, 0.3) is 0 Å². The highest BCUT2D eigenvalue weighted by Gasteiger charge is 2.19. The first kappa shape index (κ1) is 20.2. The molecular weight excluding hydrogens is 422 g/mol. The maximum Gasteiger partial charge on any atom is 0.339 e. The van der Waals surface area contributed by atoms with Crippen molar-refractivity contribution in [3.05, 3.63) is 70.7 Å². The first-order valence-electron chi connectivity index (χ1n) is 7.58. The van der Waals surface area contributed by atoms with Crippen LogP contribution in [0, 0.1) is 0 Å². The first-order chi connectivity index (χ1) is 12.4. The summed E-state index contributed by atoms with van der Waals surface area (Å²) in [6, 6.07) is 11.3. The highest BCUT2D eigenvalue weighted by molar-refractivity contribution is 9.10. The number of methoxy groups -OCH3 is 1. The van der Waals surface area contributed by atoms with Crippen molar-refractivity contribution < 1.29 is 22.7 Å². The predicted octanol–water partition coefficient (Wildman–Crippen LogP) is 3.28. The average Bonchev–Trinajstić information content (AvgIpc) is 2.64. The molecule has 1 N–H and O–H groups in total. The van der Waals surface area contributed by atoms with Crippen molar-refractivity contribution in [2.45, 2.75) is 11.5 Å². The third-order valence-corrected chi connectivity index (χ3v) is 5.55. The van der Waals surface area contributed by atoms with E-state index in [4.69, 9.17) is 9.47 Å². The van der Waals surface area contributed by atoms with E-state index in [0.717, 1.165) is 0 Å². The van der Waals surface area contributed by atoms with Gasteiger partial charge in [0.15, 0.2) is 0 Å². The summed E-state index contributed by atoms with van der Waals surface area (Å²) in [7, 11) is -2.21. The van der Waals surface area contributed by atoms with Gasteiger partial charge in [0.05, 0.1) is 17.6 Å². The molecule has 0 saturated carbocycles. The minimum Gasteiger partial charge on any atom is -0.496 e. The molecule has 0 aliphatic rings. The van der Waals surface area contributed by atoms with Gasteiger partial charge in [-0.05, 0) is 40.2 Å². The number of carbonyl (C=O) groups is 1. The van der Waals surface area contributed by atoms with Crippen molar-refractivity contribution in [3.63, 3.8) is 0 Å². The molecule has 2 aromatic rings. The average molecular weight is 440 g/mol. The monoisotopic (exact) mass is 439 g/mol. The van der Waals surface area contributed by atoms with Crippen molar-refractivity contribution in [3.8, 4) is 5.75 Å².